The molecule has 1 aromatic carbocycles. The van der Waals surface area contributed by atoms with Crippen LogP contribution < -0.4 is 15.4 Å². The van der Waals surface area contributed by atoms with Crippen LogP contribution in [0.25, 0.3) is 0 Å². The second-order valence-electron chi connectivity index (χ2n) is 8.88. The minimum Gasteiger partial charge on any atom is -0.494 e. The molecule has 0 bridgehead atoms. The minimum atomic E-state index is -0.423. The van der Waals surface area contributed by atoms with Crippen LogP contribution in [0, 0.1) is 5.92 Å². The van der Waals surface area contributed by atoms with Crippen molar-refractivity contribution >= 4 is 11.8 Å². The van der Waals surface area contributed by atoms with Crippen LogP contribution >= 0.6 is 0 Å². The Bertz CT molecular complexity index is 705. The maximum Gasteiger partial charge on any atom is 0.222 e. The summed E-state index contributed by atoms with van der Waals surface area (Å²) in [7, 11) is 0. The molecule has 2 amide bonds. The average molecular weight is 418 g/mol. The van der Waals surface area contributed by atoms with Gasteiger partial charge in [0.1, 0.15) is 5.75 Å². The van der Waals surface area contributed by atoms with E-state index in [1.807, 2.05) is 31.2 Å². The number of para-hydroxylation sites is 1. The number of hydrogen-bond acceptors (Lipinski definition) is 4. The fourth-order valence-electron chi connectivity index (χ4n) is 4.17. The third-order valence-corrected chi connectivity index (χ3v) is 6.03. The van der Waals surface area contributed by atoms with Crippen molar-refractivity contribution in [2.24, 2.45) is 5.92 Å². The maximum atomic E-state index is 12.8. The molecule has 0 spiro atoms. The molecule has 6 nitrogen and oxygen atoms in total. The summed E-state index contributed by atoms with van der Waals surface area (Å²) in [4.78, 5) is 27.1. The summed E-state index contributed by atoms with van der Waals surface area (Å²) in [6.07, 6.45) is 3.90. The normalized spacial score (nSPS) is 18.5. The lowest BCUT2D eigenvalue weighted by Crippen LogP contribution is -2.55. The highest BCUT2D eigenvalue weighted by Crippen LogP contribution is 2.28. The van der Waals surface area contributed by atoms with Gasteiger partial charge in [-0.25, -0.2) is 0 Å². The SMILES string of the molecule is CCOc1ccccc1C(CC(=O)NCC(C)(C)N1CCCC(CC)C1)NC(C)=O. The van der Waals surface area contributed by atoms with Crippen LogP contribution in [0.5, 0.6) is 5.75 Å². The molecule has 168 valence electrons. The van der Waals surface area contributed by atoms with Gasteiger partial charge in [0, 0.05) is 31.1 Å². The van der Waals surface area contributed by atoms with E-state index in [1.54, 1.807) is 0 Å². The fraction of sp³-hybridized carbons (Fsp3) is 0.667. The molecule has 1 fully saturated rings. The van der Waals surface area contributed by atoms with Crippen molar-refractivity contribution < 1.29 is 14.3 Å². The molecule has 0 aliphatic carbocycles. The lowest BCUT2D eigenvalue weighted by atomic mass is 9.91. The second kappa shape index (κ2) is 11.3. The van der Waals surface area contributed by atoms with Gasteiger partial charge in [-0.3, -0.25) is 14.5 Å². The maximum absolute atomic E-state index is 12.8. The Morgan fingerprint density at radius 3 is 2.67 bits per heavy atom. The first-order chi connectivity index (χ1) is 14.3. The largest absolute Gasteiger partial charge is 0.494 e. The van der Waals surface area contributed by atoms with Gasteiger partial charge in [-0.1, -0.05) is 31.5 Å². The van der Waals surface area contributed by atoms with Crippen LogP contribution in [0.4, 0.5) is 0 Å². The summed E-state index contributed by atoms with van der Waals surface area (Å²) >= 11 is 0. The highest BCUT2D eigenvalue weighted by Gasteiger charge is 2.31. The Hall–Kier alpha value is -2.08. The van der Waals surface area contributed by atoms with Crippen molar-refractivity contribution in [2.75, 3.05) is 26.2 Å². The predicted molar refractivity (Wildman–Crippen MR) is 120 cm³/mol. The van der Waals surface area contributed by atoms with Crippen molar-refractivity contribution in [2.45, 2.75) is 71.9 Å². The number of nitrogens with zero attached hydrogens (tertiary/aromatic N) is 1. The van der Waals surface area contributed by atoms with Gasteiger partial charge in [-0.15, -0.1) is 0 Å². The fourth-order valence-corrected chi connectivity index (χ4v) is 4.17. The molecule has 1 saturated heterocycles. The quantitative estimate of drug-likeness (QED) is 0.609. The van der Waals surface area contributed by atoms with E-state index in [0.29, 0.717) is 18.9 Å². The zero-order valence-corrected chi connectivity index (χ0v) is 19.3. The van der Waals surface area contributed by atoms with Crippen molar-refractivity contribution in [3.63, 3.8) is 0 Å². The molecule has 1 heterocycles. The van der Waals surface area contributed by atoms with E-state index >= 15 is 0 Å². The molecule has 2 rings (SSSR count). The average Bonchev–Trinajstić information content (AvgIpc) is 2.72. The molecular formula is C24H39N3O3. The predicted octanol–water partition coefficient (Wildman–Crippen LogP) is 3.67. The lowest BCUT2D eigenvalue weighted by molar-refractivity contribution is -0.123. The van der Waals surface area contributed by atoms with Crippen molar-refractivity contribution in [3.05, 3.63) is 29.8 Å². The number of nitrogens with one attached hydrogen (secondary N) is 2. The van der Waals surface area contributed by atoms with E-state index in [9.17, 15) is 9.59 Å². The molecule has 1 aromatic rings. The number of likely N-dealkylation sites (tertiary alicyclic amines) is 1. The number of piperidine rings is 1. The number of hydrogen-bond donors (Lipinski definition) is 2. The van der Waals surface area contributed by atoms with Gasteiger partial charge in [0.2, 0.25) is 11.8 Å². The molecule has 2 N–H and O–H groups in total. The van der Waals surface area contributed by atoms with Crippen molar-refractivity contribution in [1.82, 2.24) is 15.5 Å². The van der Waals surface area contributed by atoms with Gasteiger partial charge < -0.3 is 15.4 Å². The molecule has 1 aliphatic heterocycles. The monoisotopic (exact) mass is 417 g/mol. The van der Waals surface area contributed by atoms with Crippen LogP contribution in [-0.4, -0.2) is 48.5 Å². The zero-order chi connectivity index (χ0) is 22.1. The van der Waals surface area contributed by atoms with Gasteiger partial charge in [0.15, 0.2) is 0 Å². The van der Waals surface area contributed by atoms with E-state index in [1.165, 1.54) is 26.2 Å². The lowest BCUT2D eigenvalue weighted by Gasteiger charge is -2.43. The van der Waals surface area contributed by atoms with E-state index in [4.69, 9.17) is 4.74 Å². The molecule has 1 aliphatic rings. The Morgan fingerprint density at radius 2 is 2.00 bits per heavy atom. The summed E-state index contributed by atoms with van der Waals surface area (Å²) in [5.41, 5.74) is 0.724. The van der Waals surface area contributed by atoms with E-state index in [2.05, 4.69) is 36.3 Å². The summed E-state index contributed by atoms with van der Waals surface area (Å²) in [6, 6.07) is 7.14. The van der Waals surface area contributed by atoms with Crippen LogP contribution in [0.3, 0.4) is 0 Å². The Balaban J connectivity index is 2.01. The molecule has 2 atom stereocenters. The molecule has 0 aromatic heterocycles. The number of benzene rings is 1. The van der Waals surface area contributed by atoms with Gasteiger partial charge >= 0.3 is 0 Å². The number of carbonyl (C=O) groups is 2. The summed E-state index contributed by atoms with van der Waals surface area (Å²) < 4.78 is 5.71. The third-order valence-electron chi connectivity index (χ3n) is 6.03. The van der Waals surface area contributed by atoms with Crippen molar-refractivity contribution in [3.8, 4) is 5.75 Å². The number of carbonyl (C=O) groups excluding carboxylic acids is 2. The molecular weight excluding hydrogens is 378 g/mol. The molecule has 0 saturated carbocycles. The topological polar surface area (TPSA) is 70.7 Å². The van der Waals surface area contributed by atoms with Crippen LogP contribution in [-0.2, 0) is 9.59 Å². The zero-order valence-electron chi connectivity index (χ0n) is 19.3. The summed E-state index contributed by atoms with van der Waals surface area (Å²) in [5, 5.41) is 6.01. The highest BCUT2D eigenvalue weighted by molar-refractivity contribution is 5.79. The van der Waals surface area contributed by atoms with Gasteiger partial charge in [-0.05, 0) is 52.1 Å². The van der Waals surface area contributed by atoms with E-state index in [-0.39, 0.29) is 23.8 Å². The third kappa shape index (κ3) is 7.01. The van der Waals surface area contributed by atoms with Crippen LogP contribution in [0.15, 0.2) is 24.3 Å². The second-order valence-corrected chi connectivity index (χ2v) is 8.88. The van der Waals surface area contributed by atoms with E-state index < -0.39 is 6.04 Å². The number of amides is 2. The Morgan fingerprint density at radius 1 is 1.27 bits per heavy atom. The van der Waals surface area contributed by atoms with Crippen LogP contribution in [0.1, 0.15) is 71.9 Å². The van der Waals surface area contributed by atoms with Gasteiger partial charge in [0.05, 0.1) is 19.1 Å². The molecule has 6 heteroatoms. The summed E-state index contributed by atoms with van der Waals surface area (Å²) in [6.45, 7) is 13.3. The minimum absolute atomic E-state index is 0.0721. The Kier molecular flexibility index (Phi) is 9.15. The smallest absolute Gasteiger partial charge is 0.222 e. The number of rotatable bonds is 10. The summed E-state index contributed by atoms with van der Waals surface area (Å²) in [5.74, 6) is 1.20. The van der Waals surface area contributed by atoms with Crippen molar-refractivity contribution in [1.29, 1.82) is 0 Å². The number of ether oxygens (including phenoxy) is 1. The first-order valence-corrected chi connectivity index (χ1v) is 11.3. The van der Waals surface area contributed by atoms with Crippen LogP contribution in [0.2, 0.25) is 0 Å². The van der Waals surface area contributed by atoms with Gasteiger partial charge in [-0.2, -0.15) is 0 Å². The molecule has 2 unspecified atom stereocenters. The van der Waals surface area contributed by atoms with E-state index in [0.717, 1.165) is 24.6 Å². The van der Waals surface area contributed by atoms with Gasteiger partial charge in [0.25, 0.3) is 0 Å². The highest BCUT2D eigenvalue weighted by atomic mass is 16.5. The molecule has 30 heavy (non-hydrogen) atoms. The first kappa shape index (κ1) is 24.2. The standard InChI is InChI=1S/C24H39N3O3/c1-6-19-11-10-14-27(16-19)24(4,5)17-25-23(29)15-21(26-18(3)28)20-12-8-9-13-22(20)30-7-2/h8-9,12-13,19,21H,6-7,10-11,14-17H2,1-5H3,(H,25,29)(H,26,28). The molecule has 0 radical (unpaired) electrons. The first-order valence-electron chi connectivity index (χ1n) is 11.3. The Labute approximate surface area is 181 Å².